The van der Waals surface area contributed by atoms with Gasteiger partial charge in [-0.2, -0.15) is 0 Å². The number of benzene rings is 1. The lowest BCUT2D eigenvalue weighted by molar-refractivity contribution is -0.137. The quantitative estimate of drug-likeness (QED) is 0.759. The van der Waals surface area contributed by atoms with Gasteiger partial charge in [0.1, 0.15) is 0 Å². The molecule has 0 saturated carbocycles. The molecule has 2 heterocycles. The summed E-state index contributed by atoms with van der Waals surface area (Å²) in [5.41, 5.74) is 6.12. The topological polar surface area (TPSA) is 82.2 Å². The van der Waals surface area contributed by atoms with E-state index in [2.05, 4.69) is 10.3 Å². The van der Waals surface area contributed by atoms with E-state index < -0.39 is 5.97 Å². The molecule has 5 nitrogen and oxygen atoms in total. The summed E-state index contributed by atoms with van der Waals surface area (Å²) in [7, 11) is 0. The summed E-state index contributed by atoms with van der Waals surface area (Å²) in [6.07, 6.45) is 2.42. The van der Waals surface area contributed by atoms with Gasteiger partial charge in [0.15, 0.2) is 0 Å². The van der Waals surface area contributed by atoms with E-state index in [9.17, 15) is 9.59 Å². The minimum Gasteiger partial charge on any atom is -0.481 e. The molecule has 0 bridgehead atoms. The van der Waals surface area contributed by atoms with E-state index in [0.29, 0.717) is 12.0 Å². The molecule has 0 fully saturated rings. The fourth-order valence-electron chi connectivity index (χ4n) is 2.99. The molecular weight excluding hydrogens is 292 g/mol. The molecule has 0 radical (unpaired) electrons. The van der Waals surface area contributed by atoms with E-state index in [1.165, 1.54) is 0 Å². The fraction of sp³-hybridized carbons (Fsp3) is 0.222. The Morgan fingerprint density at radius 1 is 1.26 bits per heavy atom. The van der Waals surface area contributed by atoms with E-state index in [1.807, 2.05) is 44.2 Å². The number of hydrogen-bond acceptors (Lipinski definition) is 2. The van der Waals surface area contributed by atoms with Crippen LogP contribution in [0, 0.1) is 13.8 Å². The fourth-order valence-corrected chi connectivity index (χ4v) is 2.99. The first kappa shape index (κ1) is 15.1. The number of rotatable bonds is 4. The Morgan fingerprint density at radius 3 is 2.74 bits per heavy atom. The van der Waals surface area contributed by atoms with Crippen molar-refractivity contribution in [1.29, 1.82) is 0 Å². The lowest BCUT2D eigenvalue weighted by atomic mass is 10.0. The molecule has 3 rings (SSSR count). The van der Waals surface area contributed by atoms with Gasteiger partial charge < -0.3 is 15.4 Å². The summed E-state index contributed by atoms with van der Waals surface area (Å²) >= 11 is 0. The molecule has 1 aromatic heterocycles. The molecule has 0 saturated heterocycles. The van der Waals surface area contributed by atoms with Crippen molar-refractivity contribution in [1.82, 2.24) is 4.98 Å². The number of carbonyl (C=O) groups is 2. The number of hydrogen-bond donors (Lipinski definition) is 3. The van der Waals surface area contributed by atoms with E-state index >= 15 is 0 Å². The molecule has 1 aromatic carbocycles. The normalized spacial score (nSPS) is 14.9. The minimum atomic E-state index is -0.811. The highest BCUT2D eigenvalue weighted by Gasteiger charge is 2.24. The summed E-state index contributed by atoms with van der Waals surface area (Å²) in [4.78, 5) is 26.2. The van der Waals surface area contributed by atoms with Crippen LogP contribution in [0.25, 0.3) is 11.6 Å². The maximum Gasteiger partial charge on any atom is 0.303 e. The van der Waals surface area contributed by atoms with Gasteiger partial charge in [0.25, 0.3) is 5.91 Å². The molecule has 1 aliphatic heterocycles. The summed E-state index contributed by atoms with van der Waals surface area (Å²) in [5.74, 6) is -0.932. The largest absolute Gasteiger partial charge is 0.481 e. The first-order chi connectivity index (χ1) is 11.0. The number of para-hydroxylation sites is 1. The Bertz CT molecular complexity index is 831. The third-order valence-electron chi connectivity index (χ3n) is 4.22. The SMILES string of the molecule is Cc1[nH]c(/C=C2/C(=O)Nc3ccccc32)c(C)c1CCC(=O)O. The lowest BCUT2D eigenvalue weighted by Crippen LogP contribution is -2.03. The van der Waals surface area contributed by atoms with Gasteiger partial charge >= 0.3 is 5.97 Å². The lowest BCUT2D eigenvalue weighted by Gasteiger charge is -2.00. The van der Waals surface area contributed by atoms with Crippen molar-refractivity contribution in [2.24, 2.45) is 0 Å². The standard InChI is InChI=1S/C18H18N2O3/c1-10-12(7-8-17(21)22)11(2)19-16(10)9-14-13-5-3-4-6-15(13)20-18(14)23/h3-6,9,19H,7-8H2,1-2H3,(H,20,23)(H,21,22)/b14-9+. The first-order valence-corrected chi connectivity index (χ1v) is 7.49. The van der Waals surface area contributed by atoms with Crippen LogP contribution < -0.4 is 5.32 Å². The zero-order chi connectivity index (χ0) is 16.6. The number of H-pyrrole nitrogens is 1. The van der Waals surface area contributed by atoms with Gasteiger partial charge in [-0.25, -0.2) is 0 Å². The molecular formula is C18H18N2O3. The van der Waals surface area contributed by atoms with Crippen LogP contribution in [0.1, 0.15) is 34.5 Å². The Balaban J connectivity index is 1.99. The van der Waals surface area contributed by atoms with Crippen molar-refractivity contribution in [3.8, 4) is 0 Å². The molecule has 23 heavy (non-hydrogen) atoms. The van der Waals surface area contributed by atoms with Gasteiger partial charge in [0.05, 0.1) is 5.57 Å². The van der Waals surface area contributed by atoms with Gasteiger partial charge in [-0.3, -0.25) is 9.59 Å². The molecule has 0 atom stereocenters. The molecule has 0 spiro atoms. The average molecular weight is 310 g/mol. The number of aliphatic carboxylic acids is 1. The summed E-state index contributed by atoms with van der Waals surface area (Å²) in [6, 6.07) is 7.57. The van der Waals surface area contributed by atoms with Crippen LogP contribution in [-0.2, 0) is 16.0 Å². The van der Waals surface area contributed by atoms with Crippen LogP contribution in [0.5, 0.6) is 0 Å². The number of carboxylic acids is 1. The number of carbonyl (C=O) groups excluding carboxylic acids is 1. The number of amides is 1. The molecule has 3 N–H and O–H groups in total. The Kier molecular flexibility index (Phi) is 3.78. The second-order valence-corrected chi connectivity index (χ2v) is 5.72. The van der Waals surface area contributed by atoms with Gasteiger partial charge in [0.2, 0.25) is 0 Å². The van der Waals surface area contributed by atoms with Crippen molar-refractivity contribution >= 4 is 29.2 Å². The van der Waals surface area contributed by atoms with Crippen molar-refractivity contribution < 1.29 is 14.7 Å². The third-order valence-corrected chi connectivity index (χ3v) is 4.22. The predicted molar refractivity (Wildman–Crippen MR) is 89.2 cm³/mol. The molecule has 0 aliphatic carbocycles. The Morgan fingerprint density at radius 2 is 2.00 bits per heavy atom. The molecule has 1 amide bonds. The van der Waals surface area contributed by atoms with Crippen molar-refractivity contribution in [3.63, 3.8) is 0 Å². The zero-order valence-electron chi connectivity index (χ0n) is 13.1. The smallest absolute Gasteiger partial charge is 0.303 e. The molecule has 5 heteroatoms. The summed E-state index contributed by atoms with van der Waals surface area (Å²) < 4.78 is 0. The number of aromatic nitrogens is 1. The van der Waals surface area contributed by atoms with Crippen molar-refractivity contribution in [2.45, 2.75) is 26.7 Å². The molecule has 2 aromatic rings. The van der Waals surface area contributed by atoms with Crippen LogP contribution in [0.2, 0.25) is 0 Å². The average Bonchev–Trinajstić information content (AvgIpc) is 2.95. The Hall–Kier alpha value is -2.82. The number of nitrogens with one attached hydrogen (secondary N) is 2. The number of carboxylic acid groups (broad SMARTS) is 1. The van der Waals surface area contributed by atoms with Gasteiger partial charge in [-0.15, -0.1) is 0 Å². The monoisotopic (exact) mass is 310 g/mol. The summed E-state index contributed by atoms with van der Waals surface area (Å²) in [5, 5.41) is 11.7. The first-order valence-electron chi connectivity index (χ1n) is 7.49. The zero-order valence-corrected chi connectivity index (χ0v) is 13.1. The molecule has 0 unspecified atom stereocenters. The molecule has 1 aliphatic rings. The highest BCUT2D eigenvalue weighted by molar-refractivity contribution is 6.34. The number of aromatic amines is 1. The van der Waals surface area contributed by atoms with Crippen LogP contribution in [0.3, 0.4) is 0 Å². The van der Waals surface area contributed by atoms with Gasteiger partial charge in [-0.05, 0) is 43.5 Å². The minimum absolute atomic E-state index is 0.0961. The van der Waals surface area contributed by atoms with Gasteiger partial charge in [-0.1, -0.05) is 18.2 Å². The van der Waals surface area contributed by atoms with Crippen LogP contribution in [-0.4, -0.2) is 22.0 Å². The van der Waals surface area contributed by atoms with Crippen LogP contribution in [0.4, 0.5) is 5.69 Å². The highest BCUT2D eigenvalue weighted by Crippen LogP contribution is 2.33. The number of anilines is 1. The number of aryl methyl sites for hydroxylation is 1. The number of fused-ring (bicyclic) bond motifs is 1. The summed E-state index contributed by atoms with van der Waals surface area (Å²) in [6.45, 7) is 3.88. The van der Waals surface area contributed by atoms with Crippen LogP contribution in [0.15, 0.2) is 24.3 Å². The Labute approximate surface area is 134 Å². The van der Waals surface area contributed by atoms with Crippen molar-refractivity contribution in [3.05, 3.63) is 52.3 Å². The maximum absolute atomic E-state index is 12.2. The van der Waals surface area contributed by atoms with Gasteiger partial charge in [0, 0.05) is 29.1 Å². The van der Waals surface area contributed by atoms with Crippen LogP contribution >= 0.6 is 0 Å². The van der Waals surface area contributed by atoms with E-state index in [-0.39, 0.29) is 12.3 Å². The maximum atomic E-state index is 12.2. The van der Waals surface area contributed by atoms with E-state index in [1.54, 1.807) is 0 Å². The van der Waals surface area contributed by atoms with E-state index in [0.717, 1.165) is 33.8 Å². The van der Waals surface area contributed by atoms with Crippen molar-refractivity contribution in [2.75, 3.05) is 5.32 Å². The second-order valence-electron chi connectivity index (χ2n) is 5.72. The third kappa shape index (κ3) is 2.77. The second kappa shape index (κ2) is 5.76. The highest BCUT2D eigenvalue weighted by atomic mass is 16.4. The molecule has 118 valence electrons. The predicted octanol–water partition coefficient (Wildman–Crippen LogP) is 3.14. The van der Waals surface area contributed by atoms with E-state index in [4.69, 9.17) is 5.11 Å².